The van der Waals surface area contributed by atoms with Crippen LogP contribution in [-0.4, -0.2) is 40.5 Å². The highest BCUT2D eigenvalue weighted by atomic mass is 32.2. The largest absolute Gasteiger partial charge is 0.287 e. The molecule has 1 aliphatic carbocycles. The van der Waals surface area contributed by atoms with Crippen molar-refractivity contribution in [3.05, 3.63) is 50.6 Å². The van der Waals surface area contributed by atoms with Crippen LogP contribution in [0.15, 0.2) is 39.1 Å². The van der Waals surface area contributed by atoms with Crippen molar-refractivity contribution < 1.29 is 13.2 Å². The standard InChI is InChI=1S/C21H21N3O4S3/c1-2-10-23-20(26)17-13-7-5-8-15(13)30-18(17)22-21(23)29-12-11-24-19(25)14-6-3-4-9-16(14)31(24,27)28/h3-4,6,9H,2,5,7-8,10-12H2,1H3. The third-order valence-corrected chi connectivity index (χ3v) is 9.66. The molecule has 0 saturated heterocycles. The maximum atomic E-state index is 13.2. The normalized spacial score (nSPS) is 16.8. The van der Waals surface area contributed by atoms with E-state index in [0.29, 0.717) is 17.5 Å². The summed E-state index contributed by atoms with van der Waals surface area (Å²) in [6, 6.07) is 6.27. The van der Waals surface area contributed by atoms with Crippen LogP contribution in [0.5, 0.6) is 0 Å². The highest BCUT2D eigenvalue weighted by Crippen LogP contribution is 2.36. The first-order valence-electron chi connectivity index (χ1n) is 10.3. The fourth-order valence-corrected chi connectivity index (χ4v) is 8.20. The summed E-state index contributed by atoms with van der Waals surface area (Å²) in [6.45, 7) is 2.60. The Balaban J connectivity index is 1.42. The molecular formula is C21H21N3O4S3. The number of carbonyl (C=O) groups excluding carboxylic acids is 1. The zero-order chi connectivity index (χ0) is 21.8. The molecule has 1 amide bonds. The summed E-state index contributed by atoms with van der Waals surface area (Å²) >= 11 is 2.92. The third-order valence-electron chi connectivity index (χ3n) is 5.67. The third kappa shape index (κ3) is 3.23. The van der Waals surface area contributed by atoms with Gasteiger partial charge in [0.1, 0.15) is 9.73 Å². The Bertz CT molecular complexity index is 1370. The van der Waals surface area contributed by atoms with Gasteiger partial charge in [-0.3, -0.25) is 14.2 Å². The Morgan fingerprint density at radius 2 is 1.97 bits per heavy atom. The van der Waals surface area contributed by atoms with Gasteiger partial charge in [-0.1, -0.05) is 30.8 Å². The van der Waals surface area contributed by atoms with Crippen LogP contribution in [0.3, 0.4) is 0 Å². The number of carbonyl (C=O) groups is 1. The van der Waals surface area contributed by atoms with Crippen molar-refractivity contribution in [1.82, 2.24) is 13.9 Å². The first kappa shape index (κ1) is 20.7. The van der Waals surface area contributed by atoms with Gasteiger partial charge in [0.15, 0.2) is 5.16 Å². The number of aryl methyl sites for hydroxylation is 2. The van der Waals surface area contributed by atoms with Crippen molar-refractivity contribution in [3.8, 4) is 0 Å². The van der Waals surface area contributed by atoms with Crippen molar-refractivity contribution in [1.29, 1.82) is 0 Å². The minimum Gasteiger partial charge on any atom is -0.287 e. The van der Waals surface area contributed by atoms with Crippen LogP contribution in [-0.2, 0) is 29.4 Å². The van der Waals surface area contributed by atoms with Gasteiger partial charge in [0, 0.05) is 23.7 Å². The molecule has 0 radical (unpaired) electrons. The predicted octanol–water partition coefficient (Wildman–Crippen LogP) is 3.29. The Labute approximate surface area is 188 Å². The number of hydrogen-bond acceptors (Lipinski definition) is 7. The molecule has 7 nitrogen and oxygen atoms in total. The van der Waals surface area contributed by atoms with Crippen LogP contribution in [0, 0.1) is 0 Å². The number of fused-ring (bicyclic) bond motifs is 4. The Hall–Kier alpha value is -2.17. The zero-order valence-corrected chi connectivity index (χ0v) is 19.4. The van der Waals surface area contributed by atoms with E-state index >= 15 is 0 Å². The molecule has 2 aliphatic rings. The molecule has 0 saturated carbocycles. The monoisotopic (exact) mass is 475 g/mol. The van der Waals surface area contributed by atoms with Crippen LogP contribution >= 0.6 is 23.1 Å². The lowest BCUT2D eigenvalue weighted by Crippen LogP contribution is -2.32. The molecule has 0 unspecified atom stereocenters. The molecule has 10 heteroatoms. The first-order valence-corrected chi connectivity index (χ1v) is 13.5. The van der Waals surface area contributed by atoms with Gasteiger partial charge in [-0.05, 0) is 43.4 Å². The molecule has 162 valence electrons. The average molecular weight is 476 g/mol. The molecule has 1 aliphatic heterocycles. The van der Waals surface area contributed by atoms with Gasteiger partial charge in [0.25, 0.3) is 21.5 Å². The van der Waals surface area contributed by atoms with Gasteiger partial charge in [0.2, 0.25) is 0 Å². The number of aromatic nitrogens is 2. The number of sulfonamides is 1. The van der Waals surface area contributed by atoms with E-state index in [1.807, 2.05) is 6.92 Å². The van der Waals surface area contributed by atoms with E-state index in [1.54, 1.807) is 28.0 Å². The summed E-state index contributed by atoms with van der Waals surface area (Å²) in [5.74, 6) is -0.175. The Morgan fingerprint density at radius 3 is 2.74 bits per heavy atom. The van der Waals surface area contributed by atoms with Gasteiger partial charge < -0.3 is 0 Å². The molecule has 31 heavy (non-hydrogen) atoms. The van der Waals surface area contributed by atoms with Crippen LogP contribution in [0.4, 0.5) is 0 Å². The molecule has 3 heterocycles. The molecule has 0 spiro atoms. The van der Waals surface area contributed by atoms with Crippen molar-refractivity contribution in [3.63, 3.8) is 0 Å². The molecule has 0 fully saturated rings. The molecule has 1 aromatic carbocycles. The van der Waals surface area contributed by atoms with Crippen LogP contribution < -0.4 is 5.56 Å². The van der Waals surface area contributed by atoms with Gasteiger partial charge in [-0.25, -0.2) is 17.7 Å². The second-order valence-electron chi connectivity index (χ2n) is 7.62. The molecule has 0 atom stereocenters. The van der Waals surface area contributed by atoms with E-state index < -0.39 is 15.9 Å². The lowest BCUT2D eigenvalue weighted by atomic mass is 10.2. The van der Waals surface area contributed by atoms with E-state index in [2.05, 4.69) is 0 Å². The predicted molar refractivity (Wildman–Crippen MR) is 122 cm³/mol. The SMILES string of the molecule is CCCn1c(SCCN2C(=O)c3ccccc3S2(=O)=O)nc2sc3c(c2c1=O)CCC3. The maximum Gasteiger partial charge on any atom is 0.269 e. The van der Waals surface area contributed by atoms with Crippen molar-refractivity contribution in [2.24, 2.45) is 0 Å². The van der Waals surface area contributed by atoms with Gasteiger partial charge in [-0.15, -0.1) is 11.3 Å². The Morgan fingerprint density at radius 1 is 1.16 bits per heavy atom. The maximum absolute atomic E-state index is 13.2. The molecule has 3 aromatic rings. The van der Waals surface area contributed by atoms with Gasteiger partial charge in [-0.2, -0.15) is 0 Å². The Kier molecular flexibility index (Phi) is 5.18. The zero-order valence-electron chi connectivity index (χ0n) is 17.0. The summed E-state index contributed by atoms with van der Waals surface area (Å²) in [4.78, 5) is 32.7. The quantitative estimate of drug-likeness (QED) is 0.401. The number of thioether (sulfide) groups is 1. The van der Waals surface area contributed by atoms with Gasteiger partial charge >= 0.3 is 0 Å². The second kappa shape index (κ2) is 7.75. The first-order chi connectivity index (χ1) is 14.9. The molecule has 0 bridgehead atoms. The van der Waals surface area contributed by atoms with Gasteiger partial charge in [0.05, 0.1) is 10.9 Å². The molecule has 5 rings (SSSR count). The number of nitrogens with zero attached hydrogens (tertiary/aromatic N) is 3. The average Bonchev–Trinajstić information content (AvgIpc) is 3.38. The summed E-state index contributed by atoms with van der Waals surface area (Å²) in [6.07, 6.45) is 3.81. The fourth-order valence-electron chi connectivity index (χ4n) is 4.26. The smallest absolute Gasteiger partial charge is 0.269 e. The number of rotatable bonds is 6. The van der Waals surface area contributed by atoms with Crippen molar-refractivity contribution in [2.45, 2.75) is 49.2 Å². The van der Waals surface area contributed by atoms with E-state index in [0.717, 1.165) is 45.8 Å². The van der Waals surface area contributed by atoms with Crippen LogP contribution in [0.1, 0.15) is 40.6 Å². The lowest BCUT2D eigenvalue weighted by molar-refractivity contribution is 0.0876. The van der Waals surface area contributed by atoms with E-state index in [-0.39, 0.29) is 22.6 Å². The lowest BCUT2D eigenvalue weighted by Gasteiger charge is -2.16. The highest BCUT2D eigenvalue weighted by Gasteiger charge is 2.40. The fraction of sp³-hybridized carbons (Fsp3) is 0.381. The number of benzene rings is 1. The van der Waals surface area contributed by atoms with E-state index in [4.69, 9.17) is 4.98 Å². The van der Waals surface area contributed by atoms with Crippen molar-refractivity contribution in [2.75, 3.05) is 12.3 Å². The molecule has 0 N–H and O–H groups in total. The summed E-state index contributed by atoms with van der Waals surface area (Å²) in [5.41, 5.74) is 1.36. The summed E-state index contributed by atoms with van der Waals surface area (Å²) in [7, 11) is -3.83. The van der Waals surface area contributed by atoms with E-state index in [9.17, 15) is 18.0 Å². The van der Waals surface area contributed by atoms with Crippen LogP contribution in [0.25, 0.3) is 10.2 Å². The summed E-state index contributed by atoms with van der Waals surface area (Å²) < 4.78 is 28.1. The van der Waals surface area contributed by atoms with E-state index in [1.165, 1.54) is 28.8 Å². The minimum atomic E-state index is -3.83. The second-order valence-corrected chi connectivity index (χ2v) is 11.6. The topological polar surface area (TPSA) is 89.3 Å². The summed E-state index contributed by atoms with van der Waals surface area (Å²) in [5, 5.41) is 1.34. The highest BCUT2D eigenvalue weighted by molar-refractivity contribution is 7.99. The van der Waals surface area contributed by atoms with Crippen molar-refractivity contribution >= 4 is 49.2 Å². The minimum absolute atomic E-state index is 0.00831. The number of amides is 1. The molecular weight excluding hydrogens is 454 g/mol. The number of hydrogen-bond donors (Lipinski definition) is 0. The van der Waals surface area contributed by atoms with Crippen LogP contribution in [0.2, 0.25) is 0 Å². The number of thiophene rings is 1. The molecule has 2 aromatic heterocycles.